The molecule has 0 bridgehead atoms. The van der Waals surface area contributed by atoms with E-state index >= 15 is 0 Å². The smallest absolute Gasteiger partial charge is 0.361 e. The Morgan fingerprint density at radius 2 is 0.531 bits per heavy atom. The first-order chi connectivity index (χ1) is 47.1. The zero-order valence-electron chi connectivity index (χ0n) is 65.6. The van der Waals surface area contributed by atoms with Gasteiger partial charge in [-0.1, -0.05) is 431 Å². The third-order valence-electron chi connectivity index (χ3n) is 20.3. The van der Waals surface area contributed by atoms with E-state index in [9.17, 15) is 19.5 Å². The van der Waals surface area contributed by atoms with Gasteiger partial charge in [0.25, 0.3) is 6.29 Å². The van der Waals surface area contributed by atoms with Crippen molar-refractivity contribution in [2.45, 2.75) is 482 Å². The molecule has 1 N–H and O–H groups in total. The van der Waals surface area contributed by atoms with Gasteiger partial charge in [0.05, 0.1) is 34.4 Å². The second-order valence-corrected chi connectivity index (χ2v) is 31.2. The summed E-state index contributed by atoms with van der Waals surface area (Å²) in [6.45, 7) is 4.98. The number of hydrogen-bond donors (Lipinski definition) is 1. The molecule has 0 aliphatic rings. The van der Waals surface area contributed by atoms with Crippen molar-refractivity contribution < 1.29 is 42.9 Å². The average molecular weight is 1360 g/mol. The maximum atomic E-state index is 13.0. The van der Waals surface area contributed by atoms with Crippen LogP contribution in [-0.4, -0.2) is 87.4 Å². The first-order valence-corrected chi connectivity index (χ1v) is 43.4. The summed E-state index contributed by atoms with van der Waals surface area (Å²) < 4.78 is 23.1. The van der Waals surface area contributed by atoms with Gasteiger partial charge in [0.2, 0.25) is 0 Å². The van der Waals surface area contributed by atoms with Crippen LogP contribution in [0.25, 0.3) is 0 Å². The fourth-order valence-electron chi connectivity index (χ4n) is 13.7. The highest BCUT2D eigenvalue weighted by atomic mass is 16.7. The summed E-state index contributed by atoms with van der Waals surface area (Å²) in [5.41, 5.74) is 0. The van der Waals surface area contributed by atoms with E-state index in [1.54, 1.807) is 0 Å². The Morgan fingerprint density at radius 1 is 0.302 bits per heavy atom. The van der Waals surface area contributed by atoms with Gasteiger partial charge in [-0.15, -0.1) is 0 Å². The van der Waals surface area contributed by atoms with Gasteiger partial charge in [-0.05, 0) is 38.5 Å². The molecule has 0 spiro atoms. The Labute approximate surface area is 599 Å². The molecule has 570 valence electrons. The second-order valence-electron chi connectivity index (χ2n) is 31.2. The van der Waals surface area contributed by atoms with E-state index < -0.39 is 18.4 Å². The summed E-state index contributed by atoms with van der Waals surface area (Å²) in [4.78, 5) is 37.8. The number of esters is 2. The lowest BCUT2D eigenvalue weighted by molar-refractivity contribution is -0.870. The summed E-state index contributed by atoms with van der Waals surface area (Å²) in [5.74, 6) is -1.96. The number of carbonyl (C=O) groups excluding carboxylic acids is 2. The van der Waals surface area contributed by atoms with E-state index in [0.717, 1.165) is 38.5 Å². The molecule has 9 nitrogen and oxygen atoms in total. The average Bonchev–Trinajstić information content (AvgIpc) is 2.74. The summed E-state index contributed by atoms with van der Waals surface area (Å²) in [7, 11) is 6.01. The number of rotatable bonds is 83. The van der Waals surface area contributed by atoms with Crippen molar-refractivity contribution in [3.8, 4) is 0 Å². The van der Waals surface area contributed by atoms with Crippen molar-refractivity contribution in [1.29, 1.82) is 0 Å². The molecule has 96 heavy (non-hydrogen) atoms. The van der Waals surface area contributed by atoms with Gasteiger partial charge >= 0.3 is 17.9 Å². The van der Waals surface area contributed by atoms with Crippen LogP contribution in [0, 0.1) is 0 Å². The van der Waals surface area contributed by atoms with Crippen molar-refractivity contribution in [3.63, 3.8) is 0 Å². The molecule has 0 amide bonds. The van der Waals surface area contributed by atoms with Gasteiger partial charge in [-0.25, -0.2) is 4.79 Å². The highest BCUT2D eigenvalue weighted by Gasteiger charge is 2.25. The van der Waals surface area contributed by atoms with E-state index in [4.69, 9.17) is 18.9 Å². The number of allylic oxidation sites excluding steroid dienone is 2. The second kappa shape index (κ2) is 78.7. The van der Waals surface area contributed by atoms with Gasteiger partial charge in [0.1, 0.15) is 13.2 Å². The Hall–Kier alpha value is -1.97. The van der Waals surface area contributed by atoms with Crippen molar-refractivity contribution in [1.82, 2.24) is 0 Å². The van der Waals surface area contributed by atoms with E-state index in [1.165, 1.54) is 405 Å². The molecule has 2 unspecified atom stereocenters. The predicted molar refractivity (Wildman–Crippen MR) is 415 cm³/mol. The first-order valence-electron chi connectivity index (χ1n) is 43.4. The Balaban J connectivity index is 3.91. The maximum absolute atomic E-state index is 13.0. The Bertz CT molecular complexity index is 1580. The summed E-state index contributed by atoms with van der Waals surface area (Å²) in [6.07, 6.45) is 97.0. The number of hydrogen-bond acceptors (Lipinski definition) is 7. The van der Waals surface area contributed by atoms with Gasteiger partial charge in [-0.3, -0.25) is 9.59 Å². The number of carboxylic acids is 1. The van der Waals surface area contributed by atoms with E-state index in [-0.39, 0.29) is 38.2 Å². The monoisotopic (exact) mass is 1360 g/mol. The molecule has 0 heterocycles. The van der Waals surface area contributed by atoms with E-state index in [0.29, 0.717) is 17.4 Å². The van der Waals surface area contributed by atoms with Crippen LogP contribution in [0.5, 0.6) is 0 Å². The molecule has 0 aliphatic carbocycles. The lowest BCUT2D eigenvalue weighted by Crippen LogP contribution is -2.40. The van der Waals surface area contributed by atoms with Crippen LogP contribution in [0.15, 0.2) is 12.2 Å². The van der Waals surface area contributed by atoms with Gasteiger partial charge in [0.15, 0.2) is 6.10 Å². The third-order valence-corrected chi connectivity index (χ3v) is 20.3. The molecule has 0 aromatic heterocycles. The molecule has 0 rings (SSSR count). The lowest BCUT2D eigenvalue weighted by atomic mass is 10.0. The number of carboxylic acid groups (broad SMARTS) is 1. The largest absolute Gasteiger partial charge is 0.477 e. The van der Waals surface area contributed by atoms with Crippen LogP contribution >= 0.6 is 0 Å². The van der Waals surface area contributed by atoms with E-state index in [2.05, 4.69) is 26.0 Å². The molecule has 0 saturated carbocycles. The summed E-state index contributed by atoms with van der Waals surface area (Å²) in [6, 6.07) is 0. The number of ether oxygens (including phenoxy) is 4. The molecule has 0 fully saturated rings. The number of quaternary nitrogens is 1. The molecular formula is C87H170NO8+. The minimum atomic E-state index is -1.51. The molecule has 0 aromatic carbocycles. The zero-order valence-corrected chi connectivity index (χ0v) is 65.6. The highest BCUT2D eigenvalue weighted by molar-refractivity contribution is 5.71. The SMILES string of the molecule is CCCCCCCCCC/C=C\CCCCCCCCCCCCCCCCCCCCCCCCCCCC(=O)OC(COC(=O)CCCCCCCCCCCCCCCCCCCCCCCCCCCCCCCCCCCC)COC(OCC[N+](C)(C)C)C(=O)O. The Kier molecular flexibility index (Phi) is 77.1. The summed E-state index contributed by atoms with van der Waals surface area (Å²) >= 11 is 0. The van der Waals surface area contributed by atoms with Gasteiger partial charge < -0.3 is 28.5 Å². The van der Waals surface area contributed by atoms with E-state index in [1.807, 2.05) is 21.1 Å². The molecule has 0 aliphatic heterocycles. The maximum Gasteiger partial charge on any atom is 0.361 e. The van der Waals surface area contributed by atoms with Gasteiger partial charge in [0, 0.05) is 12.8 Å². The number of aliphatic carboxylic acids is 1. The van der Waals surface area contributed by atoms with Crippen molar-refractivity contribution >= 4 is 17.9 Å². The van der Waals surface area contributed by atoms with Crippen molar-refractivity contribution in [3.05, 3.63) is 12.2 Å². The molecule has 0 aromatic rings. The minimum absolute atomic E-state index is 0.172. The van der Waals surface area contributed by atoms with Crippen LogP contribution in [0.2, 0.25) is 0 Å². The number of likely N-dealkylation sites (N-methyl/N-ethyl adjacent to an activating group) is 1. The normalized spacial score (nSPS) is 12.6. The van der Waals surface area contributed by atoms with Crippen molar-refractivity contribution in [2.24, 2.45) is 0 Å². The van der Waals surface area contributed by atoms with Crippen LogP contribution in [0.3, 0.4) is 0 Å². The minimum Gasteiger partial charge on any atom is -0.477 e. The molecule has 9 heteroatoms. The lowest BCUT2D eigenvalue weighted by Gasteiger charge is -2.25. The number of nitrogens with zero attached hydrogens (tertiary/aromatic N) is 1. The standard InChI is InChI=1S/C87H169NO8/c1-6-8-10-12-14-16-18-20-22-24-26-28-30-32-34-36-38-40-42-43-44-46-48-50-52-54-56-58-60-62-64-66-68-70-72-74-76-78-85(90)96-83(82-95-87(86(91)92)93-80-79-88(3,4)5)81-94-84(89)77-75-73-71-69-67-65-63-61-59-57-55-53-51-49-47-45-41-39-37-35-33-31-29-27-25-23-21-19-17-15-13-11-9-7-2/h24,26,83,87H,6-23,25,27-82H2,1-5H3/p+1/b26-24-. The van der Waals surface area contributed by atoms with Crippen molar-refractivity contribution in [2.75, 3.05) is 47.5 Å². The predicted octanol–water partition coefficient (Wildman–Crippen LogP) is 27.9. The molecule has 0 radical (unpaired) electrons. The quantitative estimate of drug-likeness (QED) is 0.0211. The first kappa shape index (κ1) is 94.0. The topological polar surface area (TPSA) is 108 Å². The third kappa shape index (κ3) is 79.4. The highest BCUT2D eigenvalue weighted by Crippen LogP contribution is 2.21. The molecular weight excluding hydrogens is 1190 g/mol. The fourth-order valence-corrected chi connectivity index (χ4v) is 13.7. The summed E-state index contributed by atoms with van der Waals surface area (Å²) in [5, 5.41) is 9.79. The molecule has 0 saturated heterocycles. The van der Waals surface area contributed by atoms with Crippen LogP contribution in [0.1, 0.15) is 470 Å². The number of carbonyl (C=O) groups is 3. The van der Waals surface area contributed by atoms with Crippen LogP contribution < -0.4 is 0 Å². The Morgan fingerprint density at radius 3 is 0.771 bits per heavy atom. The van der Waals surface area contributed by atoms with Crippen LogP contribution in [0.4, 0.5) is 0 Å². The zero-order chi connectivity index (χ0) is 69.7. The number of unbranched alkanes of at least 4 members (excludes halogenated alkanes) is 66. The van der Waals surface area contributed by atoms with Gasteiger partial charge in [-0.2, -0.15) is 0 Å². The fraction of sp³-hybridized carbons (Fsp3) is 0.943. The molecule has 2 atom stereocenters. The van der Waals surface area contributed by atoms with Crippen LogP contribution in [-0.2, 0) is 33.3 Å².